The Bertz CT molecular complexity index is 193. The average molecular weight is 172 g/mol. The Morgan fingerprint density at radius 2 is 1.08 bits per heavy atom. The summed E-state index contributed by atoms with van der Waals surface area (Å²) in [6.45, 7) is 8.51. The molecule has 0 spiro atoms. The van der Waals surface area contributed by atoms with Crippen molar-refractivity contribution in [3.8, 4) is 0 Å². The summed E-state index contributed by atoms with van der Waals surface area (Å²) in [5.41, 5.74) is -0.264. The first kappa shape index (κ1) is 13.0. The zero-order chi connectivity index (χ0) is 10.3. The van der Waals surface area contributed by atoms with Crippen molar-refractivity contribution in [3.05, 3.63) is 24.3 Å². The summed E-state index contributed by atoms with van der Waals surface area (Å²) in [7, 11) is 0. The molecule has 4 nitrogen and oxygen atoms in total. The second kappa shape index (κ2) is 6.15. The van der Waals surface area contributed by atoms with E-state index >= 15 is 0 Å². The van der Waals surface area contributed by atoms with E-state index in [1.807, 2.05) is 0 Å². The smallest absolute Gasteiger partial charge is 0.331 e. The summed E-state index contributed by atoms with van der Waals surface area (Å²) in [6.07, 6.45) is 0. The van der Waals surface area contributed by atoms with Gasteiger partial charge >= 0.3 is 11.9 Å². The van der Waals surface area contributed by atoms with Gasteiger partial charge < -0.3 is 10.2 Å². The van der Waals surface area contributed by atoms with Crippen molar-refractivity contribution in [2.24, 2.45) is 0 Å². The largest absolute Gasteiger partial charge is 0.478 e. The van der Waals surface area contributed by atoms with Crippen molar-refractivity contribution in [3.63, 3.8) is 0 Å². The van der Waals surface area contributed by atoms with Crippen LogP contribution in [0.25, 0.3) is 0 Å². The Morgan fingerprint density at radius 3 is 1.17 bits per heavy atom. The molecule has 0 rings (SSSR count). The molecule has 2 N–H and O–H groups in total. The Kier molecular flexibility index (Phi) is 6.69. The predicted octanol–water partition coefficient (Wildman–Crippen LogP) is 1.29. The van der Waals surface area contributed by atoms with Crippen LogP contribution in [0.2, 0.25) is 0 Å². The van der Waals surface area contributed by atoms with E-state index in [0.717, 1.165) is 0 Å². The van der Waals surface area contributed by atoms with Crippen LogP contribution in [-0.2, 0) is 9.59 Å². The van der Waals surface area contributed by atoms with Crippen LogP contribution in [-0.4, -0.2) is 22.2 Å². The van der Waals surface area contributed by atoms with Crippen molar-refractivity contribution in [2.45, 2.75) is 13.8 Å². The van der Waals surface area contributed by atoms with Gasteiger partial charge in [-0.3, -0.25) is 0 Å². The summed E-state index contributed by atoms with van der Waals surface area (Å²) in [4.78, 5) is 20.2. The quantitative estimate of drug-likeness (QED) is 0.486. The van der Waals surface area contributed by atoms with E-state index in [1.165, 1.54) is 13.8 Å². The maximum atomic E-state index is 10.1. The first-order valence-corrected chi connectivity index (χ1v) is 3.11. The van der Waals surface area contributed by atoms with Crippen LogP contribution in [0.4, 0.5) is 0 Å². The number of carbonyl (C=O) groups is 2. The van der Waals surface area contributed by atoms with Crippen LogP contribution in [0.3, 0.4) is 0 Å². The molecule has 0 unspecified atom stereocenters. The lowest BCUT2D eigenvalue weighted by Crippen LogP contribution is -2.06. The van der Waals surface area contributed by atoms with Gasteiger partial charge in [0.25, 0.3) is 0 Å². The van der Waals surface area contributed by atoms with Crippen LogP contribution in [0.5, 0.6) is 0 Å². The summed E-state index contributed by atoms with van der Waals surface area (Å²) in [5, 5.41) is 16.6. The number of rotatable bonds is 2. The number of hydrogen-bond acceptors (Lipinski definition) is 2. The second-order valence-electron chi connectivity index (χ2n) is 1.86. The molecule has 0 fully saturated rings. The molecule has 4 heteroatoms. The molecule has 0 bridgehead atoms. The van der Waals surface area contributed by atoms with Crippen molar-refractivity contribution >= 4 is 11.9 Å². The Balaban J connectivity index is 0. The van der Waals surface area contributed by atoms with E-state index in [-0.39, 0.29) is 11.1 Å². The van der Waals surface area contributed by atoms with E-state index in [2.05, 4.69) is 13.2 Å². The highest BCUT2D eigenvalue weighted by molar-refractivity contribution is 5.97. The fourth-order valence-electron chi connectivity index (χ4n) is 0.321. The first-order valence-electron chi connectivity index (χ1n) is 3.11. The minimum absolute atomic E-state index is 0.132. The van der Waals surface area contributed by atoms with Gasteiger partial charge in [-0.05, 0) is 13.8 Å². The van der Waals surface area contributed by atoms with Crippen LogP contribution in [0.15, 0.2) is 24.3 Å². The molecular formula is C8H12O4. The van der Waals surface area contributed by atoms with Crippen molar-refractivity contribution in [1.82, 2.24) is 0 Å². The van der Waals surface area contributed by atoms with Crippen LogP contribution in [0.1, 0.15) is 13.8 Å². The summed E-state index contributed by atoms with van der Waals surface area (Å²) in [5.74, 6) is -2.39. The summed E-state index contributed by atoms with van der Waals surface area (Å²) < 4.78 is 0. The van der Waals surface area contributed by atoms with E-state index in [0.29, 0.717) is 0 Å². The third-order valence-corrected chi connectivity index (χ3v) is 1.20. The van der Waals surface area contributed by atoms with E-state index in [1.54, 1.807) is 0 Å². The normalized spacial score (nSPS) is 10.5. The van der Waals surface area contributed by atoms with Crippen LogP contribution >= 0.6 is 0 Å². The minimum Gasteiger partial charge on any atom is -0.478 e. The van der Waals surface area contributed by atoms with Crippen molar-refractivity contribution in [2.75, 3.05) is 0 Å². The molecule has 0 aromatic heterocycles. The Labute approximate surface area is 70.8 Å². The highest BCUT2D eigenvalue weighted by Gasteiger charge is 2.09. The standard InChI is InChI=1S/C6H8O4.C2H4/c1-3(5(7)8)4(2)6(9)10;1-2/h1-2H3,(H,7,8)(H,9,10);1-2H2/b4-3-;. The van der Waals surface area contributed by atoms with Gasteiger partial charge in [-0.25, -0.2) is 9.59 Å². The van der Waals surface area contributed by atoms with Gasteiger partial charge in [0.05, 0.1) is 0 Å². The summed E-state index contributed by atoms with van der Waals surface area (Å²) >= 11 is 0. The predicted molar refractivity (Wildman–Crippen MR) is 44.9 cm³/mol. The molecule has 0 saturated carbocycles. The average Bonchev–Trinajstić information content (AvgIpc) is 2.05. The molecule has 0 atom stereocenters. The third-order valence-electron chi connectivity index (χ3n) is 1.20. The highest BCUT2D eigenvalue weighted by atomic mass is 16.4. The molecule has 0 radical (unpaired) electrons. The third kappa shape index (κ3) is 4.27. The van der Waals surface area contributed by atoms with Crippen LogP contribution in [0, 0.1) is 0 Å². The number of aliphatic carboxylic acids is 2. The van der Waals surface area contributed by atoms with Gasteiger partial charge in [0.1, 0.15) is 0 Å². The second-order valence-corrected chi connectivity index (χ2v) is 1.86. The van der Waals surface area contributed by atoms with Gasteiger partial charge in [-0.15, -0.1) is 13.2 Å². The summed E-state index contributed by atoms with van der Waals surface area (Å²) in [6, 6.07) is 0. The first-order chi connectivity index (χ1) is 5.46. The molecule has 0 aromatic carbocycles. The Morgan fingerprint density at radius 1 is 0.917 bits per heavy atom. The molecule has 0 saturated heterocycles. The monoisotopic (exact) mass is 172 g/mol. The van der Waals surface area contributed by atoms with Gasteiger partial charge in [0.2, 0.25) is 0 Å². The molecule has 68 valence electrons. The van der Waals surface area contributed by atoms with Gasteiger partial charge in [0, 0.05) is 11.1 Å². The lowest BCUT2D eigenvalue weighted by Gasteiger charge is -1.95. The molecule has 0 amide bonds. The molecule has 0 aliphatic rings. The van der Waals surface area contributed by atoms with Gasteiger partial charge in [-0.1, -0.05) is 0 Å². The van der Waals surface area contributed by atoms with Crippen molar-refractivity contribution < 1.29 is 19.8 Å². The fourth-order valence-corrected chi connectivity index (χ4v) is 0.321. The lowest BCUT2D eigenvalue weighted by molar-refractivity contribution is -0.135. The molecule has 0 aromatic rings. The van der Waals surface area contributed by atoms with Gasteiger partial charge in [0.15, 0.2) is 0 Å². The zero-order valence-corrected chi connectivity index (χ0v) is 7.13. The minimum atomic E-state index is -1.19. The van der Waals surface area contributed by atoms with E-state index in [4.69, 9.17) is 10.2 Å². The number of carboxylic acid groups (broad SMARTS) is 2. The molecule has 0 aliphatic carbocycles. The van der Waals surface area contributed by atoms with Crippen molar-refractivity contribution in [1.29, 1.82) is 0 Å². The maximum absolute atomic E-state index is 10.1. The highest BCUT2D eigenvalue weighted by Crippen LogP contribution is 2.02. The maximum Gasteiger partial charge on any atom is 0.331 e. The number of hydrogen-bond donors (Lipinski definition) is 2. The molecule has 0 aliphatic heterocycles. The molecule has 0 heterocycles. The van der Waals surface area contributed by atoms with E-state index in [9.17, 15) is 9.59 Å². The SMILES string of the molecule is C/C(C(=O)O)=C(\C)C(=O)O.C=C. The lowest BCUT2D eigenvalue weighted by atomic mass is 10.1. The Hall–Kier alpha value is -1.58. The van der Waals surface area contributed by atoms with E-state index < -0.39 is 11.9 Å². The topological polar surface area (TPSA) is 74.6 Å². The fraction of sp³-hybridized carbons (Fsp3) is 0.250. The van der Waals surface area contributed by atoms with Gasteiger partial charge in [-0.2, -0.15) is 0 Å². The zero-order valence-electron chi connectivity index (χ0n) is 7.13. The molecular weight excluding hydrogens is 160 g/mol. The van der Waals surface area contributed by atoms with Crippen LogP contribution < -0.4 is 0 Å². The molecule has 12 heavy (non-hydrogen) atoms. The number of carboxylic acids is 2.